The second-order valence-corrected chi connectivity index (χ2v) is 7.04. The maximum atomic E-state index is 12.1. The molecule has 1 fully saturated rings. The summed E-state index contributed by atoms with van der Waals surface area (Å²) in [5.41, 5.74) is 1.01. The maximum absolute atomic E-state index is 12.1. The number of hydrogen-bond acceptors (Lipinski definition) is 3. The Morgan fingerprint density at radius 1 is 1.28 bits per heavy atom. The van der Waals surface area contributed by atoms with Crippen LogP contribution in [0, 0.1) is 6.92 Å². The number of carbonyl (C=O) groups excluding carboxylic acids is 2. The molecule has 1 unspecified atom stereocenters. The van der Waals surface area contributed by atoms with E-state index in [4.69, 9.17) is 16.3 Å². The van der Waals surface area contributed by atoms with Crippen LogP contribution < -0.4 is 15.4 Å². The smallest absolute Gasteiger partial charge is 0.260 e. The van der Waals surface area contributed by atoms with Crippen LogP contribution in [-0.4, -0.2) is 30.5 Å². The van der Waals surface area contributed by atoms with Gasteiger partial charge in [0, 0.05) is 19.0 Å². The topological polar surface area (TPSA) is 67.4 Å². The Bertz CT molecular complexity index is 600. The van der Waals surface area contributed by atoms with Crippen molar-refractivity contribution in [3.05, 3.63) is 28.8 Å². The fourth-order valence-corrected chi connectivity index (χ4v) is 3.10. The van der Waals surface area contributed by atoms with Crippen molar-refractivity contribution in [1.82, 2.24) is 10.6 Å². The molecule has 1 aliphatic carbocycles. The lowest BCUT2D eigenvalue weighted by molar-refractivity contribution is -0.127. The Labute approximate surface area is 154 Å². The molecule has 0 spiro atoms. The van der Waals surface area contributed by atoms with E-state index in [1.54, 1.807) is 19.1 Å². The van der Waals surface area contributed by atoms with Crippen molar-refractivity contribution in [1.29, 1.82) is 0 Å². The SMILES string of the molecule is Cc1ccc(Cl)c(OC(C)C(=O)NCCC(=O)NC2CCCCC2)c1. The third-order valence-corrected chi connectivity index (χ3v) is 4.69. The van der Waals surface area contributed by atoms with E-state index in [1.807, 2.05) is 13.0 Å². The molecule has 2 amide bonds. The van der Waals surface area contributed by atoms with E-state index in [0.29, 0.717) is 23.4 Å². The molecule has 0 radical (unpaired) electrons. The summed E-state index contributed by atoms with van der Waals surface area (Å²) >= 11 is 6.07. The van der Waals surface area contributed by atoms with Crippen LogP contribution in [0.15, 0.2) is 18.2 Å². The van der Waals surface area contributed by atoms with Gasteiger partial charge in [0.2, 0.25) is 5.91 Å². The molecular formula is C19H27ClN2O3. The van der Waals surface area contributed by atoms with Gasteiger partial charge in [-0.25, -0.2) is 0 Å². The van der Waals surface area contributed by atoms with Crippen molar-refractivity contribution >= 4 is 23.4 Å². The van der Waals surface area contributed by atoms with Crippen molar-refractivity contribution < 1.29 is 14.3 Å². The normalized spacial score (nSPS) is 16.1. The molecule has 1 aliphatic rings. The van der Waals surface area contributed by atoms with E-state index < -0.39 is 6.10 Å². The first-order chi connectivity index (χ1) is 12.0. The van der Waals surface area contributed by atoms with Gasteiger partial charge in [-0.05, 0) is 44.4 Å². The lowest BCUT2D eigenvalue weighted by Gasteiger charge is -2.22. The molecule has 0 aromatic heterocycles. The van der Waals surface area contributed by atoms with E-state index >= 15 is 0 Å². The van der Waals surface area contributed by atoms with E-state index in [2.05, 4.69) is 10.6 Å². The van der Waals surface area contributed by atoms with Gasteiger partial charge in [0.15, 0.2) is 6.10 Å². The molecule has 1 aromatic rings. The Morgan fingerprint density at radius 2 is 2.00 bits per heavy atom. The number of rotatable bonds is 7. The molecule has 25 heavy (non-hydrogen) atoms. The summed E-state index contributed by atoms with van der Waals surface area (Å²) in [6, 6.07) is 5.71. The van der Waals surface area contributed by atoms with Gasteiger partial charge in [0.1, 0.15) is 5.75 Å². The zero-order valence-electron chi connectivity index (χ0n) is 14.9. The maximum Gasteiger partial charge on any atom is 0.260 e. The van der Waals surface area contributed by atoms with Crippen molar-refractivity contribution in [2.75, 3.05) is 6.54 Å². The molecule has 5 nitrogen and oxygen atoms in total. The van der Waals surface area contributed by atoms with Gasteiger partial charge in [-0.15, -0.1) is 0 Å². The molecular weight excluding hydrogens is 340 g/mol. The van der Waals surface area contributed by atoms with Crippen molar-refractivity contribution in [2.24, 2.45) is 0 Å². The molecule has 6 heteroatoms. The Hall–Kier alpha value is -1.75. The minimum Gasteiger partial charge on any atom is -0.479 e. The summed E-state index contributed by atoms with van der Waals surface area (Å²) in [5, 5.41) is 6.24. The Morgan fingerprint density at radius 3 is 2.72 bits per heavy atom. The summed E-state index contributed by atoms with van der Waals surface area (Å²) in [7, 11) is 0. The minimum absolute atomic E-state index is 0.0116. The number of amides is 2. The van der Waals surface area contributed by atoms with Crippen LogP contribution >= 0.6 is 11.6 Å². The van der Waals surface area contributed by atoms with E-state index in [9.17, 15) is 9.59 Å². The third kappa shape index (κ3) is 6.58. The number of halogens is 1. The molecule has 0 aliphatic heterocycles. The number of nitrogens with one attached hydrogen (secondary N) is 2. The number of aryl methyl sites for hydroxylation is 1. The van der Waals surface area contributed by atoms with Gasteiger partial charge >= 0.3 is 0 Å². The van der Waals surface area contributed by atoms with Crippen LogP contribution in [0.5, 0.6) is 5.75 Å². The number of ether oxygens (including phenoxy) is 1. The van der Waals surface area contributed by atoms with Crippen LogP contribution in [-0.2, 0) is 9.59 Å². The molecule has 138 valence electrons. The van der Waals surface area contributed by atoms with Crippen LogP contribution in [0.1, 0.15) is 51.0 Å². The van der Waals surface area contributed by atoms with Gasteiger partial charge in [0.05, 0.1) is 5.02 Å². The predicted octanol–water partition coefficient (Wildman–Crippen LogP) is 3.37. The molecule has 1 saturated carbocycles. The van der Waals surface area contributed by atoms with Gasteiger partial charge in [-0.2, -0.15) is 0 Å². The second-order valence-electron chi connectivity index (χ2n) is 6.64. The summed E-state index contributed by atoms with van der Waals surface area (Å²) < 4.78 is 5.62. The lowest BCUT2D eigenvalue weighted by atomic mass is 9.95. The van der Waals surface area contributed by atoms with Gasteiger partial charge < -0.3 is 15.4 Å². The monoisotopic (exact) mass is 366 g/mol. The quantitative estimate of drug-likeness (QED) is 0.777. The van der Waals surface area contributed by atoms with Gasteiger partial charge in [-0.3, -0.25) is 9.59 Å². The van der Waals surface area contributed by atoms with Gasteiger partial charge in [0.25, 0.3) is 5.91 Å². The van der Waals surface area contributed by atoms with E-state index in [1.165, 1.54) is 19.3 Å². The largest absolute Gasteiger partial charge is 0.479 e. The first-order valence-electron chi connectivity index (χ1n) is 8.95. The van der Waals surface area contributed by atoms with Crippen molar-refractivity contribution in [3.8, 4) is 5.75 Å². The molecule has 1 aromatic carbocycles. The highest BCUT2D eigenvalue weighted by Gasteiger charge is 2.18. The molecule has 0 saturated heterocycles. The fourth-order valence-electron chi connectivity index (χ4n) is 2.93. The molecule has 1 atom stereocenters. The predicted molar refractivity (Wildman–Crippen MR) is 98.9 cm³/mol. The molecule has 0 heterocycles. The van der Waals surface area contributed by atoms with E-state index in [0.717, 1.165) is 18.4 Å². The summed E-state index contributed by atoms with van der Waals surface area (Å²) in [6.07, 6.45) is 5.32. The minimum atomic E-state index is -0.680. The average Bonchev–Trinajstić information content (AvgIpc) is 2.58. The number of carbonyl (C=O) groups is 2. The van der Waals surface area contributed by atoms with Crippen LogP contribution in [0.2, 0.25) is 5.02 Å². The number of benzene rings is 1. The average molecular weight is 367 g/mol. The first-order valence-corrected chi connectivity index (χ1v) is 9.33. The van der Waals surface area contributed by atoms with Crippen LogP contribution in [0.25, 0.3) is 0 Å². The van der Waals surface area contributed by atoms with Crippen molar-refractivity contribution in [3.63, 3.8) is 0 Å². The van der Waals surface area contributed by atoms with Gasteiger partial charge in [-0.1, -0.05) is 36.9 Å². The molecule has 2 N–H and O–H groups in total. The zero-order valence-corrected chi connectivity index (χ0v) is 15.7. The fraction of sp³-hybridized carbons (Fsp3) is 0.579. The highest BCUT2D eigenvalue weighted by atomic mass is 35.5. The highest BCUT2D eigenvalue weighted by Crippen LogP contribution is 2.26. The lowest BCUT2D eigenvalue weighted by Crippen LogP contribution is -2.40. The second kappa shape index (κ2) is 9.66. The summed E-state index contributed by atoms with van der Waals surface area (Å²) in [5.74, 6) is 0.213. The Balaban J connectivity index is 1.70. The van der Waals surface area contributed by atoms with Crippen molar-refractivity contribution in [2.45, 2.75) is 64.5 Å². The first kappa shape index (κ1) is 19.6. The summed E-state index contributed by atoms with van der Waals surface area (Å²) in [6.45, 7) is 3.89. The molecule has 2 rings (SSSR count). The van der Waals surface area contributed by atoms with Crippen LogP contribution in [0.3, 0.4) is 0 Å². The van der Waals surface area contributed by atoms with E-state index in [-0.39, 0.29) is 18.2 Å². The van der Waals surface area contributed by atoms with Crippen LogP contribution in [0.4, 0.5) is 0 Å². The molecule has 0 bridgehead atoms. The zero-order chi connectivity index (χ0) is 18.2. The highest BCUT2D eigenvalue weighted by molar-refractivity contribution is 6.32. The number of hydrogen-bond donors (Lipinski definition) is 2. The standard InChI is InChI=1S/C19H27ClN2O3/c1-13-8-9-16(20)17(12-13)25-14(2)19(24)21-11-10-18(23)22-15-6-4-3-5-7-15/h8-9,12,14-15H,3-7,10-11H2,1-2H3,(H,21,24)(H,22,23). The Kier molecular flexibility index (Phi) is 7.56. The summed E-state index contributed by atoms with van der Waals surface area (Å²) in [4.78, 5) is 24.0. The third-order valence-electron chi connectivity index (χ3n) is 4.38.